The van der Waals surface area contributed by atoms with Crippen LogP contribution in [0, 0.1) is 0 Å². The van der Waals surface area contributed by atoms with Crippen molar-refractivity contribution in [1.82, 2.24) is 5.43 Å². The molecule has 4 rings (SSSR count). The fourth-order valence-corrected chi connectivity index (χ4v) is 3.04. The Hall–Kier alpha value is -2.73. The molecule has 0 unspecified atom stereocenters. The molecule has 2 aromatic heterocycles. The largest absolute Gasteiger partial charge is 0.455 e. The lowest BCUT2D eigenvalue weighted by Gasteiger charge is -1.99. The smallest absolute Gasteiger partial charge is 0.307 e. The fraction of sp³-hybridized carbons (Fsp3) is 0. The summed E-state index contributed by atoms with van der Waals surface area (Å²) >= 11 is 17.9. The molecule has 0 saturated heterocycles. The van der Waals surface area contributed by atoms with Gasteiger partial charge in [0.25, 0.3) is 0 Å². The Labute approximate surface area is 174 Å². The lowest BCUT2D eigenvalue weighted by atomic mass is 10.2. The van der Waals surface area contributed by atoms with E-state index in [0.29, 0.717) is 32.2 Å². The van der Waals surface area contributed by atoms with Crippen LogP contribution in [0.15, 0.2) is 68.5 Å². The van der Waals surface area contributed by atoms with Crippen molar-refractivity contribution in [3.8, 4) is 11.3 Å². The topological polar surface area (TPSA) is 67.7 Å². The van der Waals surface area contributed by atoms with Crippen LogP contribution in [0.3, 0.4) is 0 Å². The number of halogens is 3. The quantitative estimate of drug-likeness (QED) is 0.298. The fourth-order valence-electron chi connectivity index (χ4n) is 2.56. The van der Waals surface area contributed by atoms with Gasteiger partial charge >= 0.3 is 5.91 Å². The molecule has 0 radical (unpaired) electrons. The van der Waals surface area contributed by atoms with Crippen LogP contribution in [0.2, 0.25) is 15.1 Å². The van der Waals surface area contributed by atoms with Gasteiger partial charge in [-0.1, -0.05) is 34.8 Å². The van der Waals surface area contributed by atoms with Gasteiger partial charge in [-0.3, -0.25) is 4.79 Å². The van der Waals surface area contributed by atoms with E-state index in [4.69, 9.17) is 43.6 Å². The molecule has 0 aliphatic heterocycles. The van der Waals surface area contributed by atoms with Gasteiger partial charge in [0, 0.05) is 16.0 Å². The summed E-state index contributed by atoms with van der Waals surface area (Å²) < 4.78 is 11.2. The maximum Gasteiger partial charge on any atom is 0.307 e. The zero-order chi connectivity index (χ0) is 19.7. The van der Waals surface area contributed by atoms with Crippen molar-refractivity contribution in [2.45, 2.75) is 0 Å². The minimum absolute atomic E-state index is 0.130. The minimum atomic E-state index is -0.486. The number of rotatable bonds is 4. The first-order valence-electron chi connectivity index (χ1n) is 8.07. The molecule has 0 atom stereocenters. The first-order valence-corrected chi connectivity index (χ1v) is 9.21. The van der Waals surface area contributed by atoms with Crippen LogP contribution in [-0.2, 0) is 0 Å². The Bertz CT molecular complexity index is 1210. The number of nitrogens with zero attached hydrogens (tertiary/aromatic N) is 1. The normalized spacial score (nSPS) is 11.4. The Morgan fingerprint density at radius 1 is 0.929 bits per heavy atom. The van der Waals surface area contributed by atoms with Gasteiger partial charge < -0.3 is 8.83 Å². The van der Waals surface area contributed by atoms with Crippen LogP contribution in [0.5, 0.6) is 0 Å². The molecule has 2 aromatic carbocycles. The zero-order valence-electron chi connectivity index (χ0n) is 14.1. The van der Waals surface area contributed by atoms with Crippen LogP contribution in [0.1, 0.15) is 16.3 Å². The summed E-state index contributed by atoms with van der Waals surface area (Å²) in [5, 5.41) is 6.09. The predicted octanol–water partition coefficient (Wildman–Crippen LogP) is 6.42. The van der Waals surface area contributed by atoms with Crippen molar-refractivity contribution in [2.24, 2.45) is 5.10 Å². The molecule has 1 amide bonds. The molecule has 0 aliphatic rings. The third-order valence-electron chi connectivity index (χ3n) is 3.89. The molecule has 28 heavy (non-hydrogen) atoms. The van der Waals surface area contributed by atoms with Crippen molar-refractivity contribution in [3.63, 3.8) is 0 Å². The van der Waals surface area contributed by atoms with E-state index in [1.807, 2.05) is 0 Å². The van der Waals surface area contributed by atoms with Gasteiger partial charge in [-0.2, -0.15) is 5.10 Å². The Kier molecular flexibility index (Phi) is 5.13. The molecule has 0 fully saturated rings. The van der Waals surface area contributed by atoms with E-state index in [2.05, 4.69) is 10.5 Å². The maximum atomic E-state index is 12.2. The first kappa shape index (κ1) is 18.6. The highest BCUT2D eigenvalue weighted by Gasteiger charge is 2.12. The van der Waals surface area contributed by atoms with Crippen molar-refractivity contribution < 1.29 is 13.6 Å². The Morgan fingerprint density at radius 3 is 2.61 bits per heavy atom. The zero-order valence-corrected chi connectivity index (χ0v) is 16.3. The summed E-state index contributed by atoms with van der Waals surface area (Å²) in [7, 11) is 0. The number of amides is 1. The van der Waals surface area contributed by atoms with E-state index in [1.54, 1.807) is 54.6 Å². The second-order valence-corrected chi connectivity index (χ2v) is 7.07. The van der Waals surface area contributed by atoms with Gasteiger partial charge in [-0.05, 0) is 54.6 Å². The number of carbonyl (C=O) groups is 1. The van der Waals surface area contributed by atoms with E-state index in [-0.39, 0.29) is 5.76 Å². The van der Waals surface area contributed by atoms with Gasteiger partial charge in [0.15, 0.2) is 5.76 Å². The molecule has 1 N–H and O–H groups in total. The van der Waals surface area contributed by atoms with Gasteiger partial charge in [0.05, 0.1) is 16.3 Å². The predicted molar refractivity (Wildman–Crippen MR) is 110 cm³/mol. The van der Waals surface area contributed by atoms with Gasteiger partial charge in [-0.15, -0.1) is 0 Å². The third kappa shape index (κ3) is 3.92. The highest BCUT2D eigenvalue weighted by molar-refractivity contribution is 6.42. The molecule has 5 nitrogen and oxygen atoms in total. The van der Waals surface area contributed by atoms with Crippen molar-refractivity contribution in [2.75, 3.05) is 0 Å². The average molecular weight is 434 g/mol. The lowest BCUT2D eigenvalue weighted by Crippen LogP contribution is -2.16. The second-order valence-electron chi connectivity index (χ2n) is 5.82. The summed E-state index contributed by atoms with van der Waals surface area (Å²) in [6, 6.07) is 15.4. The summed E-state index contributed by atoms with van der Waals surface area (Å²) in [4.78, 5) is 12.2. The number of furan rings is 2. The highest BCUT2D eigenvalue weighted by atomic mass is 35.5. The lowest BCUT2D eigenvalue weighted by molar-refractivity contribution is 0.0929. The molecular formula is C20H11Cl3N2O3. The monoisotopic (exact) mass is 432 g/mol. The number of benzene rings is 2. The van der Waals surface area contributed by atoms with E-state index < -0.39 is 5.91 Å². The standard InChI is InChI=1S/C20H11Cl3N2O3/c21-13-2-5-18-12(7-13)9-19(28-18)20(26)25-24-10-14-3-6-17(27-14)11-1-4-15(22)16(23)8-11/h1-10H,(H,25,26)/b24-10-. The Morgan fingerprint density at radius 2 is 1.79 bits per heavy atom. The number of carbonyl (C=O) groups excluding carboxylic acids is 1. The van der Waals surface area contributed by atoms with Gasteiger partial charge in [0.2, 0.25) is 0 Å². The van der Waals surface area contributed by atoms with E-state index in [0.717, 1.165) is 10.9 Å². The molecule has 4 aromatic rings. The number of nitrogens with one attached hydrogen (secondary N) is 1. The van der Waals surface area contributed by atoms with E-state index in [1.165, 1.54) is 6.21 Å². The van der Waals surface area contributed by atoms with Crippen LogP contribution >= 0.6 is 34.8 Å². The Balaban J connectivity index is 1.45. The van der Waals surface area contributed by atoms with Crippen LogP contribution in [-0.4, -0.2) is 12.1 Å². The number of hydrazone groups is 1. The number of fused-ring (bicyclic) bond motifs is 1. The average Bonchev–Trinajstić information content (AvgIpc) is 3.30. The number of hydrogen-bond donors (Lipinski definition) is 1. The van der Waals surface area contributed by atoms with E-state index in [9.17, 15) is 4.79 Å². The summed E-state index contributed by atoms with van der Waals surface area (Å²) in [5.74, 6) is 0.698. The molecule has 140 valence electrons. The highest BCUT2D eigenvalue weighted by Crippen LogP contribution is 2.29. The SMILES string of the molecule is O=C(N/N=C\c1ccc(-c2ccc(Cl)c(Cl)c2)o1)c1cc2cc(Cl)ccc2o1. The first-order chi connectivity index (χ1) is 13.5. The summed E-state index contributed by atoms with van der Waals surface area (Å²) in [6.07, 6.45) is 1.39. The molecule has 8 heteroatoms. The molecule has 0 aliphatic carbocycles. The molecule has 2 heterocycles. The summed E-state index contributed by atoms with van der Waals surface area (Å²) in [5.41, 5.74) is 3.74. The van der Waals surface area contributed by atoms with E-state index >= 15 is 0 Å². The molecule has 0 bridgehead atoms. The van der Waals surface area contributed by atoms with Gasteiger partial charge in [0.1, 0.15) is 17.1 Å². The van der Waals surface area contributed by atoms with Crippen LogP contribution in [0.25, 0.3) is 22.3 Å². The van der Waals surface area contributed by atoms with Crippen LogP contribution in [0.4, 0.5) is 0 Å². The summed E-state index contributed by atoms with van der Waals surface area (Å²) in [6.45, 7) is 0. The molecule has 0 saturated carbocycles. The molecular weight excluding hydrogens is 423 g/mol. The third-order valence-corrected chi connectivity index (χ3v) is 4.87. The van der Waals surface area contributed by atoms with Crippen molar-refractivity contribution >= 4 is 57.9 Å². The maximum absolute atomic E-state index is 12.2. The van der Waals surface area contributed by atoms with Crippen molar-refractivity contribution in [1.29, 1.82) is 0 Å². The van der Waals surface area contributed by atoms with Crippen LogP contribution < -0.4 is 5.43 Å². The second kappa shape index (κ2) is 7.72. The van der Waals surface area contributed by atoms with Gasteiger partial charge in [-0.25, -0.2) is 5.43 Å². The number of hydrogen-bond acceptors (Lipinski definition) is 4. The minimum Gasteiger partial charge on any atom is -0.455 e. The van der Waals surface area contributed by atoms with Crippen molar-refractivity contribution in [3.05, 3.63) is 81.2 Å². The molecule has 0 spiro atoms.